The van der Waals surface area contributed by atoms with Gasteiger partial charge in [0.1, 0.15) is 0 Å². The van der Waals surface area contributed by atoms with Crippen molar-refractivity contribution in [1.82, 2.24) is 15.4 Å². The molecule has 1 aliphatic heterocycles. The molecule has 4 rings (SSSR count). The van der Waals surface area contributed by atoms with Crippen LogP contribution in [0.1, 0.15) is 38.8 Å². The third-order valence-corrected chi connectivity index (χ3v) is 5.37. The van der Waals surface area contributed by atoms with Gasteiger partial charge in [0.15, 0.2) is 5.76 Å². The first-order valence-corrected chi connectivity index (χ1v) is 9.65. The predicted molar refractivity (Wildman–Crippen MR) is 100 cm³/mol. The molecule has 0 bridgehead atoms. The molecule has 2 fully saturated rings. The van der Waals surface area contributed by atoms with Gasteiger partial charge in [0, 0.05) is 30.8 Å². The lowest BCUT2D eigenvalue weighted by molar-refractivity contribution is -0.132. The van der Waals surface area contributed by atoms with Crippen molar-refractivity contribution in [2.24, 2.45) is 11.8 Å². The van der Waals surface area contributed by atoms with Crippen LogP contribution in [0.15, 0.2) is 40.9 Å². The first kappa shape index (κ1) is 17.3. The van der Waals surface area contributed by atoms with Crippen LogP contribution in [0.25, 0.3) is 11.3 Å². The molecular weight excluding hydrogens is 326 g/mol. The van der Waals surface area contributed by atoms with Crippen molar-refractivity contribution in [1.29, 1.82) is 0 Å². The van der Waals surface area contributed by atoms with Gasteiger partial charge in [-0.2, -0.15) is 0 Å². The van der Waals surface area contributed by atoms with Crippen LogP contribution in [0.3, 0.4) is 0 Å². The smallest absolute Gasteiger partial charge is 0.237 e. The Labute approximate surface area is 154 Å². The number of aromatic nitrogens is 1. The largest absolute Gasteiger partial charge is 0.356 e. The van der Waals surface area contributed by atoms with Crippen molar-refractivity contribution in [2.45, 2.75) is 51.7 Å². The summed E-state index contributed by atoms with van der Waals surface area (Å²) in [6.07, 6.45) is 3.33. The number of amides is 1. The Morgan fingerprint density at radius 2 is 2.04 bits per heavy atom. The average molecular weight is 353 g/mol. The number of nitrogens with one attached hydrogen (secondary N) is 1. The fraction of sp³-hybridized carbons (Fsp3) is 0.524. The summed E-state index contributed by atoms with van der Waals surface area (Å²) in [4.78, 5) is 15.0. The summed E-state index contributed by atoms with van der Waals surface area (Å²) in [6, 6.07) is 12.2. The molecule has 2 aromatic rings. The molecule has 138 valence electrons. The maximum absolute atomic E-state index is 12.7. The predicted octanol–water partition coefficient (Wildman–Crippen LogP) is 3.47. The molecule has 1 saturated carbocycles. The minimum Gasteiger partial charge on any atom is -0.356 e. The van der Waals surface area contributed by atoms with E-state index in [0.29, 0.717) is 18.4 Å². The molecule has 0 spiro atoms. The summed E-state index contributed by atoms with van der Waals surface area (Å²) in [5.74, 6) is 2.08. The number of hydrogen-bond acceptors (Lipinski definition) is 4. The van der Waals surface area contributed by atoms with Gasteiger partial charge in [-0.1, -0.05) is 49.3 Å². The van der Waals surface area contributed by atoms with Gasteiger partial charge in [0.2, 0.25) is 5.91 Å². The van der Waals surface area contributed by atoms with Crippen LogP contribution in [0, 0.1) is 11.8 Å². The second-order valence-electron chi connectivity index (χ2n) is 8.08. The molecule has 5 heteroatoms. The lowest BCUT2D eigenvalue weighted by atomic mass is 9.96. The van der Waals surface area contributed by atoms with E-state index in [9.17, 15) is 4.79 Å². The van der Waals surface area contributed by atoms with Gasteiger partial charge in [-0.05, 0) is 31.1 Å². The van der Waals surface area contributed by atoms with E-state index >= 15 is 0 Å². The molecular formula is C21H27N3O2. The number of piperazine rings is 1. The Bertz CT molecular complexity index is 752. The van der Waals surface area contributed by atoms with Crippen molar-refractivity contribution in [3.8, 4) is 11.3 Å². The minimum absolute atomic E-state index is 0.0816. The van der Waals surface area contributed by atoms with Crippen molar-refractivity contribution in [3.05, 3.63) is 42.1 Å². The number of rotatable bonds is 6. The molecule has 0 radical (unpaired) electrons. The highest BCUT2D eigenvalue weighted by molar-refractivity contribution is 5.83. The van der Waals surface area contributed by atoms with E-state index in [2.05, 4.69) is 29.2 Å². The standard InChI is InChI=1S/C21H27N3O2/c1-14(2)10-19-21(25)22-18(15-8-9-15)13-24(19)12-17-11-20(26-23-17)16-6-4-3-5-7-16/h3-7,11,14-15,18-19H,8-10,12-13H2,1-2H3,(H,22,25)/t18-,19+/m1/s1. The number of carbonyl (C=O) groups is 1. The molecule has 2 heterocycles. The molecule has 1 aromatic heterocycles. The zero-order chi connectivity index (χ0) is 18.1. The van der Waals surface area contributed by atoms with Crippen molar-refractivity contribution in [3.63, 3.8) is 0 Å². The summed E-state index contributed by atoms with van der Waals surface area (Å²) in [7, 11) is 0. The van der Waals surface area contributed by atoms with Crippen LogP contribution in [-0.4, -0.2) is 34.6 Å². The Balaban J connectivity index is 1.51. The summed E-state index contributed by atoms with van der Waals surface area (Å²) >= 11 is 0. The molecule has 2 aliphatic rings. The van der Waals surface area contributed by atoms with Gasteiger partial charge in [-0.25, -0.2) is 0 Å². The molecule has 5 nitrogen and oxygen atoms in total. The van der Waals surface area contributed by atoms with Gasteiger partial charge >= 0.3 is 0 Å². The molecule has 2 atom stereocenters. The third kappa shape index (κ3) is 3.83. The Kier molecular flexibility index (Phi) is 4.81. The first-order valence-electron chi connectivity index (χ1n) is 9.65. The van der Waals surface area contributed by atoms with Gasteiger partial charge in [-0.15, -0.1) is 0 Å². The summed E-state index contributed by atoms with van der Waals surface area (Å²) in [5.41, 5.74) is 1.92. The first-order chi connectivity index (χ1) is 12.6. The molecule has 1 saturated heterocycles. The maximum Gasteiger partial charge on any atom is 0.237 e. The zero-order valence-electron chi connectivity index (χ0n) is 15.5. The van der Waals surface area contributed by atoms with Crippen LogP contribution in [0.4, 0.5) is 0 Å². The number of hydrogen-bond donors (Lipinski definition) is 1. The van der Waals surface area contributed by atoms with Crippen molar-refractivity contribution < 1.29 is 9.32 Å². The normalized spacial score (nSPS) is 24.0. The molecule has 1 aromatic carbocycles. The van der Waals surface area contributed by atoms with E-state index in [1.165, 1.54) is 12.8 Å². The zero-order valence-corrected chi connectivity index (χ0v) is 15.5. The summed E-state index contributed by atoms with van der Waals surface area (Å²) in [5, 5.41) is 7.52. The Morgan fingerprint density at radius 1 is 1.27 bits per heavy atom. The monoisotopic (exact) mass is 353 g/mol. The van der Waals surface area contributed by atoms with Gasteiger partial charge in [-0.3, -0.25) is 9.69 Å². The highest BCUT2D eigenvalue weighted by atomic mass is 16.5. The van der Waals surface area contributed by atoms with Crippen molar-refractivity contribution >= 4 is 5.91 Å². The molecule has 1 aliphatic carbocycles. The number of carbonyl (C=O) groups excluding carboxylic acids is 1. The second kappa shape index (κ2) is 7.23. The van der Waals surface area contributed by atoms with E-state index in [-0.39, 0.29) is 18.0 Å². The van der Waals surface area contributed by atoms with Crippen LogP contribution < -0.4 is 5.32 Å². The Morgan fingerprint density at radius 3 is 2.73 bits per heavy atom. The fourth-order valence-corrected chi connectivity index (χ4v) is 3.85. The Hall–Kier alpha value is -2.14. The van der Waals surface area contributed by atoms with E-state index in [1.54, 1.807) is 0 Å². The lowest BCUT2D eigenvalue weighted by Crippen LogP contribution is -2.60. The van der Waals surface area contributed by atoms with Gasteiger partial charge < -0.3 is 9.84 Å². The maximum atomic E-state index is 12.7. The van der Waals surface area contributed by atoms with Crippen LogP contribution in [-0.2, 0) is 11.3 Å². The van der Waals surface area contributed by atoms with E-state index in [4.69, 9.17) is 4.52 Å². The summed E-state index contributed by atoms with van der Waals surface area (Å²) in [6.45, 7) is 5.90. The SMILES string of the molecule is CC(C)C[C@H]1C(=O)N[C@@H](C2CC2)CN1Cc1cc(-c2ccccc2)on1. The molecule has 0 unspecified atom stereocenters. The number of nitrogens with zero attached hydrogens (tertiary/aromatic N) is 2. The number of benzene rings is 1. The quantitative estimate of drug-likeness (QED) is 0.864. The summed E-state index contributed by atoms with van der Waals surface area (Å²) < 4.78 is 5.54. The van der Waals surface area contributed by atoms with Crippen molar-refractivity contribution in [2.75, 3.05) is 6.54 Å². The van der Waals surface area contributed by atoms with E-state index in [0.717, 1.165) is 30.0 Å². The highest BCUT2D eigenvalue weighted by Gasteiger charge is 2.41. The third-order valence-electron chi connectivity index (χ3n) is 5.37. The van der Waals surface area contributed by atoms with Crippen LogP contribution in [0.5, 0.6) is 0 Å². The van der Waals surface area contributed by atoms with Gasteiger partial charge in [0.25, 0.3) is 0 Å². The van der Waals surface area contributed by atoms with Crippen LogP contribution >= 0.6 is 0 Å². The van der Waals surface area contributed by atoms with E-state index < -0.39 is 0 Å². The highest BCUT2D eigenvalue weighted by Crippen LogP contribution is 2.35. The molecule has 1 amide bonds. The van der Waals surface area contributed by atoms with Crippen LogP contribution in [0.2, 0.25) is 0 Å². The lowest BCUT2D eigenvalue weighted by Gasteiger charge is -2.40. The molecule has 26 heavy (non-hydrogen) atoms. The van der Waals surface area contributed by atoms with E-state index in [1.807, 2.05) is 36.4 Å². The molecule has 1 N–H and O–H groups in total. The minimum atomic E-state index is -0.0816. The fourth-order valence-electron chi connectivity index (χ4n) is 3.85. The average Bonchev–Trinajstić information content (AvgIpc) is 3.37. The van der Waals surface area contributed by atoms with Gasteiger partial charge in [0.05, 0.1) is 11.7 Å². The topological polar surface area (TPSA) is 58.4 Å². The second-order valence-corrected chi connectivity index (χ2v) is 8.08.